The third-order valence-corrected chi connectivity index (χ3v) is 5.41. The normalized spacial score (nSPS) is 13.0. The molecule has 2 aromatic carbocycles. The largest absolute Gasteiger partial charge is 0.506 e. The molecule has 9 heteroatoms. The third kappa shape index (κ3) is 6.45. The molecule has 0 bridgehead atoms. The Morgan fingerprint density at radius 3 is 2.43 bits per heavy atom. The summed E-state index contributed by atoms with van der Waals surface area (Å²) in [5, 5.41) is 22.6. The van der Waals surface area contributed by atoms with E-state index in [0.717, 1.165) is 4.47 Å². The van der Waals surface area contributed by atoms with Crippen molar-refractivity contribution in [2.24, 2.45) is 0 Å². The van der Waals surface area contributed by atoms with Crippen LogP contribution in [0.2, 0.25) is 0 Å². The van der Waals surface area contributed by atoms with Crippen molar-refractivity contribution in [1.82, 2.24) is 0 Å². The van der Waals surface area contributed by atoms with Crippen molar-refractivity contribution in [2.45, 2.75) is 25.6 Å². The molecule has 0 fully saturated rings. The lowest BCUT2D eigenvalue weighted by molar-refractivity contribution is -0.0491. The molecule has 3 N–H and O–H groups in total. The van der Waals surface area contributed by atoms with E-state index in [-0.39, 0.29) is 18.8 Å². The quantitative estimate of drug-likeness (QED) is 0.369. The van der Waals surface area contributed by atoms with Gasteiger partial charge in [-0.05, 0) is 59.3 Å². The van der Waals surface area contributed by atoms with Gasteiger partial charge >= 0.3 is 6.09 Å². The number of carbonyl (C=O) groups excluding carboxylic acids is 1. The maximum Gasteiger partial charge on any atom is 0.412 e. The van der Waals surface area contributed by atoms with Crippen LogP contribution in [-0.2, 0) is 9.47 Å². The first-order valence-electron chi connectivity index (χ1n) is 8.49. The van der Waals surface area contributed by atoms with Crippen LogP contribution in [0.15, 0.2) is 49.8 Å². The average Bonchev–Trinajstić information content (AvgIpc) is 2.65. The zero-order valence-corrected chi connectivity index (χ0v) is 19.8. The molecule has 28 heavy (non-hydrogen) atoms. The van der Waals surface area contributed by atoms with Crippen molar-refractivity contribution >= 4 is 59.6 Å². The van der Waals surface area contributed by atoms with Crippen molar-refractivity contribution in [3.63, 3.8) is 0 Å². The van der Waals surface area contributed by atoms with Gasteiger partial charge in [0.05, 0.1) is 4.47 Å². The van der Waals surface area contributed by atoms with Gasteiger partial charge < -0.3 is 19.7 Å². The lowest BCUT2D eigenvalue weighted by atomic mass is 10.0. The van der Waals surface area contributed by atoms with Gasteiger partial charge in [-0.2, -0.15) is 0 Å². The highest BCUT2D eigenvalue weighted by Gasteiger charge is 2.31. The second-order valence-corrected chi connectivity index (χ2v) is 8.48. The predicted octanol–water partition coefficient (Wildman–Crippen LogP) is 5.76. The van der Waals surface area contributed by atoms with Gasteiger partial charge in [0.15, 0.2) is 6.10 Å². The zero-order chi connectivity index (χ0) is 20.7. The van der Waals surface area contributed by atoms with E-state index >= 15 is 0 Å². The Bertz CT molecular complexity index is 795. The Morgan fingerprint density at radius 2 is 1.82 bits per heavy atom. The standard InChI is InChI=1S/C19H20Br3NO5/c1-2-27-16(7-8-24)18(14-9-12(21)10-15(22)17(14)25)28-19(26)23-13-5-3-11(20)4-6-13/h3-6,9-10,16,18,24-25H,2,7-8H2,1H3,(H,23,26)/t16-,18-/m1/s1. The molecule has 152 valence electrons. The fourth-order valence-electron chi connectivity index (χ4n) is 2.60. The first-order valence-corrected chi connectivity index (χ1v) is 10.9. The number of aliphatic hydroxyl groups is 1. The number of nitrogens with one attached hydrogen (secondary N) is 1. The van der Waals surface area contributed by atoms with Gasteiger partial charge in [0, 0.05) is 39.8 Å². The maximum absolute atomic E-state index is 12.5. The van der Waals surface area contributed by atoms with E-state index in [2.05, 4.69) is 53.1 Å². The number of amides is 1. The van der Waals surface area contributed by atoms with Crippen LogP contribution in [0.3, 0.4) is 0 Å². The summed E-state index contributed by atoms with van der Waals surface area (Å²) in [5.74, 6) is -0.0627. The minimum Gasteiger partial charge on any atom is -0.506 e. The number of phenolic OH excluding ortho intramolecular Hbond substituents is 1. The van der Waals surface area contributed by atoms with Crippen LogP contribution in [0.25, 0.3) is 0 Å². The van der Waals surface area contributed by atoms with Crippen LogP contribution >= 0.6 is 47.8 Å². The van der Waals surface area contributed by atoms with E-state index in [1.54, 1.807) is 43.3 Å². The summed E-state index contributed by atoms with van der Waals surface area (Å²) in [4.78, 5) is 12.5. The number of halogens is 3. The molecule has 0 saturated carbocycles. The zero-order valence-electron chi connectivity index (χ0n) is 15.0. The number of carbonyl (C=O) groups is 1. The van der Waals surface area contributed by atoms with E-state index in [0.29, 0.717) is 26.8 Å². The van der Waals surface area contributed by atoms with Crippen LogP contribution in [0.4, 0.5) is 10.5 Å². The Kier molecular flexibility index (Phi) is 9.23. The van der Waals surface area contributed by atoms with Crippen molar-refractivity contribution in [1.29, 1.82) is 0 Å². The summed E-state index contributed by atoms with van der Waals surface area (Å²) >= 11 is 10.0. The molecule has 0 unspecified atom stereocenters. The van der Waals surface area contributed by atoms with Crippen LogP contribution in [0.5, 0.6) is 5.75 Å². The van der Waals surface area contributed by atoms with Gasteiger partial charge in [-0.25, -0.2) is 4.79 Å². The number of rotatable bonds is 8. The first-order chi connectivity index (χ1) is 13.3. The summed E-state index contributed by atoms with van der Waals surface area (Å²) < 4.78 is 13.3. The Morgan fingerprint density at radius 1 is 1.14 bits per heavy atom. The molecule has 6 nitrogen and oxygen atoms in total. The second kappa shape index (κ2) is 11.2. The molecule has 2 atom stereocenters. The van der Waals surface area contributed by atoms with E-state index in [4.69, 9.17) is 9.47 Å². The summed E-state index contributed by atoms with van der Waals surface area (Å²) in [6, 6.07) is 10.4. The molecule has 0 aliphatic rings. The highest BCUT2D eigenvalue weighted by atomic mass is 79.9. The molecule has 2 aromatic rings. The molecule has 0 spiro atoms. The SMILES string of the molecule is CCO[C@H](CCO)[C@H](OC(=O)Nc1ccc(Br)cc1)c1cc(Br)cc(Br)c1O. The molecule has 0 aliphatic heterocycles. The third-order valence-electron chi connectivity index (χ3n) is 3.82. The van der Waals surface area contributed by atoms with E-state index in [9.17, 15) is 15.0 Å². The van der Waals surface area contributed by atoms with Crippen LogP contribution in [0, 0.1) is 0 Å². The summed E-state index contributed by atoms with van der Waals surface area (Å²) in [6.07, 6.45) is -2.05. The van der Waals surface area contributed by atoms with E-state index in [1.165, 1.54) is 0 Å². The Hall–Kier alpha value is -1.13. The number of phenols is 1. The number of anilines is 1. The van der Waals surface area contributed by atoms with Crippen LogP contribution in [0.1, 0.15) is 25.0 Å². The van der Waals surface area contributed by atoms with Crippen molar-refractivity contribution in [3.05, 3.63) is 55.4 Å². The molecule has 0 aliphatic carbocycles. The number of benzene rings is 2. The van der Waals surface area contributed by atoms with Crippen molar-refractivity contribution in [2.75, 3.05) is 18.5 Å². The van der Waals surface area contributed by atoms with E-state index in [1.807, 2.05) is 0 Å². The predicted molar refractivity (Wildman–Crippen MR) is 118 cm³/mol. The van der Waals surface area contributed by atoms with Gasteiger partial charge in [-0.3, -0.25) is 5.32 Å². The first kappa shape index (κ1) is 23.2. The summed E-state index contributed by atoms with van der Waals surface area (Å²) in [5.41, 5.74) is 0.917. The van der Waals surface area contributed by atoms with Gasteiger partial charge in [-0.15, -0.1) is 0 Å². The number of hydrogen-bond acceptors (Lipinski definition) is 5. The topological polar surface area (TPSA) is 88.0 Å². The lowest BCUT2D eigenvalue weighted by Gasteiger charge is -2.28. The molecular weight excluding hydrogens is 562 g/mol. The van der Waals surface area contributed by atoms with Crippen molar-refractivity contribution < 1.29 is 24.5 Å². The minimum atomic E-state index is -0.934. The number of ether oxygens (including phenoxy) is 2. The van der Waals surface area contributed by atoms with E-state index < -0.39 is 18.3 Å². The number of aromatic hydroxyl groups is 1. The molecule has 1 amide bonds. The van der Waals surface area contributed by atoms with Gasteiger partial charge in [-0.1, -0.05) is 31.9 Å². The molecule has 0 heterocycles. The smallest absolute Gasteiger partial charge is 0.412 e. The monoisotopic (exact) mass is 579 g/mol. The number of aliphatic hydroxyl groups excluding tert-OH is 1. The van der Waals surface area contributed by atoms with Crippen LogP contribution in [-0.4, -0.2) is 35.6 Å². The van der Waals surface area contributed by atoms with Gasteiger partial charge in [0.2, 0.25) is 0 Å². The Labute approximate surface area is 188 Å². The molecule has 0 radical (unpaired) electrons. The van der Waals surface area contributed by atoms with Crippen molar-refractivity contribution in [3.8, 4) is 5.75 Å². The van der Waals surface area contributed by atoms with Crippen LogP contribution < -0.4 is 5.32 Å². The average molecular weight is 582 g/mol. The fourth-order valence-corrected chi connectivity index (χ4v) is 4.12. The number of hydrogen-bond donors (Lipinski definition) is 3. The Balaban J connectivity index is 2.32. The molecular formula is C19H20Br3NO5. The van der Waals surface area contributed by atoms with Gasteiger partial charge in [0.1, 0.15) is 11.9 Å². The highest BCUT2D eigenvalue weighted by Crippen LogP contribution is 2.39. The summed E-state index contributed by atoms with van der Waals surface area (Å²) in [6.45, 7) is 2.00. The molecule has 2 rings (SSSR count). The molecule has 0 saturated heterocycles. The molecule has 0 aromatic heterocycles. The highest BCUT2D eigenvalue weighted by molar-refractivity contribution is 9.11. The maximum atomic E-state index is 12.5. The lowest BCUT2D eigenvalue weighted by Crippen LogP contribution is -2.30. The fraction of sp³-hybridized carbons (Fsp3) is 0.316. The second-order valence-electron chi connectivity index (χ2n) is 5.79. The minimum absolute atomic E-state index is 0.0627. The van der Waals surface area contributed by atoms with Gasteiger partial charge in [0.25, 0.3) is 0 Å². The summed E-state index contributed by atoms with van der Waals surface area (Å²) in [7, 11) is 0.